The zero-order chi connectivity index (χ0) is 28.9. The van der Waals surface area contributed by atoms with Crippen molar-refractivity contribution >= 4 is 12.0 Å². The van der Waals surface area contributed by atoms with Gasteiger partial charge in [-0.2, -0.15) is 0 Å². The maximum atomic E-state index is 14.2. The minimum Gasteiger partial charge on any atom is -0.444 e. The van der Waals surface area contributed by atoms with E-state index in [9.17, 15) is 14.4 Å². The van der Waals surface area contributed by atoms with Crippen LogP contribution in [0.1, 0.15) is 43.2 Å². The van der Waals surface area contributed by atoms with Crippen molar-refractivity contribution in [3.8, 4) is 16.9 Å². The van der Waals surface area contributed by atoms with Gasteiger partial charge >= 0.3 is 11.8 Å². The lowest BCUT2D eigenvalue weighted by atomic mass is 10.1. The Hall–Kier alpha value is -4.50. The molecule has 0 N–H and O–H groups in total. The molecule has 11 heteroatoms. The second kappa shape index (κ2) is 12.1. The third kappa shape index (κ3) is 6.21. The highest BCUT2D eigenvalue weighted by molar-refractivity contribution is 5.99. The number of benzene rings is 2. The van der Waals surface area contributed by atoms with E-state index < -0.39 is 11.7 Å². The highest BCUT2D eigenvalue weighted by atomic mass is 16.6. The molecule has 3 aromatic rings. The van der Waals surface area contributed by atoms with Crippen LogP contribution in [0, 0.1) is 6.92 Å². The molecule has 0 radical (unpaired) electrons. The van der Waals surface area contributed by atoms with Crippen molar-refractivity contribution in [3.63, 3.8) is 0 Å². The number of azide groups is 1. The normalized spacial score (nSPS) is 13.6. The second-order valence-corrected chi connectivity index (χ2v) is 10.7. The number of aromatic nitrogens is 2. The monoisotopic (exact) mass is 545 g/mol. The summed E-state index contributed by atoms with van der Waals surface area (Å²) in [6.07, 6.45) is -0.0203. The fraction of sp³-hybridized carbons (Fsp3) is 0.414. The first-order valence-electron chi connectivity index (χ1n) is 13.4. The number of imidazole rings is 1. The number of nitrogens with zero attached hydrogens (tertiary/aromatic N) is 7. The van der Waals surface area contributed by atoms with Gasteiger partial charge in [0.05, 0.1) is 11.4 Å². The molecule has 1 saturated heterocycles. The highest BCUT2D eigenvalue weighted by Crippen LogP contribution is 2.29. The maximum absolute atomic E-state index is 14.2. The van der Waals surface area contributed by atoms with Gasteiger partial charge in [-0.1, -0.05) is 53.6 Å². The molecular formula is C29H35N7O4. The summed E-state index contributed by atoms with van der Waals surface area (Å²) in [5.41, 5.74) is 10.8. The molecule has 40 heavy (non-hydrogen) atoms. The fourth-order valence-electron chi connectivity index (χ4n) is 4.78. The summed E-state index contributed by atoms with van der Waals surface area (Å²) < 4.78 is 8.59. The molecule has 4 rings (SSSR count). The summed E-state index contributed by atoms with van der Waals surface area (Å²) in [5.74, 6) is -0.295. The average molecular weight is 546 g/mol. The zero-order valence-electron chi connectivity index (χ0n) is 23.4. The Morgan fingerprint density at radius 3 is 2.23 bits per heavy atom. The lowest BCUT2D eigenvalue weighted by Crippen LogP contribution is -2.52. The zero-order valence-corrected chi connectivity index (χ0v) is 23.4. The van der Waals surface area contributed by atoms with Crippen LogP contribution in [-0.2, 0) is 11.3 Å². The molecule has 210 valence electrons. The molecule has 0 bridgehead atoms. The molecule has 2 heterocycles. The van der Waals surface area contributed by atoms with E-state index in [1.165, 1.54) is 4.57 Å². The van der Waals surface area contributed by atoms with Crippen LogP contribution in [0.4, 0.5) is 4.79 Å². The van der Waals surface area contributed by atoms with Gasteiger partial charge in [-0.05, 0) is 51.3 Å². The van der Waals surface area contributed by atoms with Gasteiger partial charge in [0.2, 0.25) is 0 Å². The van der Waals surface area contributed by atoms with Gasteiger partial charge < -0.3 is 14.5 Å². The number of amides is 2. The second-order valence-electron chi connectivity index (χ2n) is 10.7. The molecule has 0 unspecified atom stereocenters. The molecule has 1 fully saturated rings. The first kappa shape index (κ1) is 28.5. The number of hydrogen-bond donors (Lipinski definition) is 0. The van der Waals surface area contributed by atoms with Gasteiger partial charge in [-0.15, -0.1) is 0 Å². The van der Waals surface area contributed by atoms with Crippen molar-refractivity contribution in [1.29, 1.82) is 0 Å². The number of hydrogen-bond acceptors (Lipinski definition) is 5. The molecule has 2 aromatic carbocycles. The van der Waals surface area contributed by atoms with E-state index in [0.717, 1.165) is 11.1 Å². The minimum atomic E-state index is -0.612. The molecule has 0 atom stereocenters. The van der Waals surface area contributed by atoms with Crippen LogP contribution in [0.25, 0.3) is 27.4 Å². The topological polar surface area (TPSA) is 126 Å². The Morgan fingerprint density at radius 1 is 0.975 bits per heavy atom. The molecule has 1 aliphatic heterocycles. The third-order valence-corrected chi connectivity index (χ3v) is 6.67. The number of piperazine rings is 1. The largest absolute Gasteiger partial charge is 0.444 e. The van der Waals surface area contributed by atoms with Crippen molar-refractivity contribution in [2.75, 3.05) is 32.7 Å². The Kier molecular flexibility index (Phi) is 8.64. The van der Waals surface area contributed by atoms with E-state index in [1.54, 1.807) is 14.4 Å². The standard InChI is InChI=1S/C29H35N7O4/c1-21-11-8-9-14-23(21)36-24(22-12-6-5-7-13-22)25(35(27(36)38)16-10-15-31-32-30)26(37)33-17-19-34(20-18-33)28(39)40-29(2,3)4/h5-9,11-14H,10,15-20H2,1-4H3. The summed E-state index contributed by atoms with van der Waals surface area (Å²) in [5, 5.41) is 3.60. The molecule has 1 aliphatic rings. The summed E-state index contributed by atoms with van der Waals surface area (Å²) in [6.45, 7) is 9.01. The number of carbonyl (C=O) groups is 2. The molecule has 0 aliphatic carbocycles. The van der Waals surface area contributed by atoms with Gasteiger partial charge in [0.1, 0.15) is 11.3 Å². The number of ether oxygens (including phenoxy) is 1. The Morgan fingerprint density at radius 2 is 1.60 bits per heavy atom. The number of para-hydroxylation sites is 1. The number of rotatable bonds is 7. The van der Waals surface area contributed by atoms with E-state index in [1.807, 2.05) is 82.3 Å². The van der Waals surface area contributed by atoms with Gasteiger partial charge in [0, 0.05) is 49.7 Å². The quantitative estimate of drug-likeness (QED) is 0.179. The maximum Gasteiger partial charge on any atom is 0.410 e. The number of carbonyl (C=O) groups excluding carboxylic acids is 2. The Bertz CT molecular complexity index is 1470. The van der Waals surface area contributed by atoms with Gasteiger partial charge in [0.25, 0.3) is 5.91 Å². The van der Waals surface area contributed by atoms with Crippen LogP contribution in [0.3, 0.4) is 0 Å². The fourth-order valence-corrected chi connectivity index (χ4v) is 4.78. The SMILES string of the molecule is Cc1ccccc1-n1c(-c2ccccc2)c(C(=O)N2CCN(C(=O)OC(C)(C)C)CC2)n(CCCN=[N+]=[N-])c1=O. The first-order chi connectivity index (χ1) is 19.1. The summed E-state index contributed by atoms with van der Waals surface area (Å²) in [4.78, 5) is 46.9. The van der Waals surface area contributed by atoms with Crippen molar-refractivity contribution in [2.45, 2.75) is 46.3 Å². The predicted molar refractivity (Wildman–Crippen MR) is 153 cm³/mol. The van der Waals surface area contributed by atoms with E-state index >= 15 is 0 Å². The van der Waals surface area contributed by atoms with E-state index in [-0.39, 0.29) is 30.4 Å². The Balaban J connectivity index is 1.79. The molecule has 0 saturated carbocycles. The van der Waals surface area contributed by atoms with Crippen molar-refractivity contribution in [2.24, 2.45) is 5.11 Å². The van der Waals surface area contributed by atoms with Gasteiger partial charge in [-0.25, -0.2) is 9.59 Å². The first-order valence-corrected chi connectivity index (χ1v) is 13.4. The molecule has 2 amide bonds. The lowest BCUT2D eigenvalue weighted by molar-refractivity contribution is 0.0139. The third-order valence-electron chi connectivity index (χ3n) is 6.67. The van der Waals surface area contributed by atoms with Gasteiger partial charge in [0.15, 0.2) is 0 Å². The van der Waals surface area contributed by atoms with Crippen LogP contribution in [0.5, 0.6) is 0 Å². The summed E-state index contributed by atoms with van der Waals surface area (Å²) in [6, 6.07) is 16.9. The predicted octanol–water partition coefficient (Wildman–Crippen LogP) is 5.01. The highest BCUT2D eigenvalue weighted by Gasteiger charge is 2.33. The molecule has 1 aromatic heterocycles. The van der Waals surface area contributed by atoms with Crippen molar-refractivity contribution < 1.29 is 14.3 Å². The van der Waals surface area contributed by atoms with Crippen molar-refractivity contribution in [1.82, 2.24) is 18.9 Å². The van der Waals surface area contributed by atoms with Crippen LogP contribution in [0.15, 0.2) is 64.5 Å². The summed E-state index contributed by atoms with van der Waals surface area (Å²) >= 11 is 0. The van der Waals surface area contributed by atoms with Crippen LogP contribution in [0.2, 0.25) is 0 Å². The molecular weight excluding hydrogens is 510 g/mol. The average Bonchev–Trinajstić information content (AvgIpc) is 3.22. The Labute approximate surface area is 233 Å². The summed E-state index contributed by atoms with van der Waals surface area (Å²) in [7, 11) is 0. The van der Waals surface area contributed by atoms with Crippen LogP contribution >= 0.6 is 0 Å². The van der Waals surface area contributed by atoms with E-state index in [4.69, 9.17) is 10.3 Å². The van der Waals surface area contributed by atoms with Crippen LogP contribution in [-0.4, -0.2) is 69.3 Å². The minimum absolute atomic E-state index is 0.196. The van der Waals surface area contributed by atoms with Crippen LogP contribution < -0.4 is 5.69 Å². The smallest absolute Gasteiger partial charge is 0.410 e. The van der Waals surface area contributed by atoms with E-state index in [0.29, 0.717) is 44.0 Å². The number of aryl methyl sites for hydroxylation is 1. The lowest BCUT2D eigenvalue weighted by Gasteiger charge is -2.35. The molecule has 0 spiro atoms. The van der Waals surface area contributed by atoms with Crippen molar-refractivity contribution in [3.05, 3.63) is 86.8 Å². The van der Waals surface area contributed by atoms with Gasteiger partial charge in [-0.3, -0.25) is 13.9 Å². The molecule has 11 nitrogen and oxygen atoms in total. The van der Waals surface area contributed by atoms with E-state index in [2.05, 4.69) is 10.0 Å².